The quantitative estimate of drug-likeness (QED) is 0.357. The SMILES string of the molecule is CC[C@]1(C)CCCC(C)C[C@H](N(c2cnc(-c3ccc(-c4cnc(OC)c(F)c4)cc3O)nn2)C2CC2)[C@@H]1F. The van der Waals surface area contributed by atoms with Gasteiger partial charge in [0.1, 0.15) is 11.9 Å². The van der Waals surface area contributed by atoms with Crippen LogP contribution in [0.1, 0.15) is 65.7 Å². The molecule has 208 valence electrons. The van der Waals surface area contributed by atoms with Crippen LogP contribution in [0, 0.1) is 17.2 Å². The van der Waals surface area contributed by atoms with Crippen LogP contribution in [0.3, 0.4) is 0 Å². The number of alkyl halides is 1. The van der Waals surface area contributed by atoms with Crippen molar-refractivity contribution in [1.29, 1.82) is 0 Å². The van der Waals surface area contributed by atoms with E-state index in [1.165, 1.54) is 25.4 Å². The van der Waals surface area contributed by atoms with Gasteiger partial charge in [-0.3, -0.25) is 0 Å². The fraction of sp³-hybridized carbons (Fsp3) is 0.533. The Kier molecular flexibility index (Phi) is 7.69. The summed E-state index contributed by atoms with van der Waals surface area (Å²) in [6.45, 7) is 6.39. The topological polar surface area (TPSA) is 84.3 Å². The minimum absolute atomic E-state index is 0.0614. The highest BCUT2D eigenvalue weighted by Crippen LogP contribution is 2.45. The fourth-order valence-corrected chi connectivity index (χ4v) is 5.86. The minimum atomic E-state index is -0.971. The van der Waals surface area contributed by atoms with Crippen LogP contribution in [0.25, 0.3) is 22.5 Å². The molecule has 3 aromatic rings. The highest BCUT2D eigenvalue weighted by atomic mass is 19.1. The van der Waals surface area contributed by atoms with E-state index < -0.39 is 12.0 Å². The summed E-state index contributed by atoms with van der Waals surface area (Å²) < 4.78 is 35.3. The Hall–Kier alpha value is -3.36. The number of benzene rings is 1. The number of anilines is 1. The zero-order chi connectivity index (χ0) is 27.7. The first-order chi connectivity index (χ1) is 18.7. The molecule has 0 radical (unpaired) electrons. The Balaban J connectivity index is 1.42. The molecule has 0 saturated heterocycles. The van der Waals surface area contributed by atoms with E-state index in [9.17, 15) is 9.50 Å². The van der Waals surface area contributed by atoms with E-state index in [1.807, 2.05) is 0 Å². The first kappa shape index (κ1) is 27.2. The van der Waals surface area contributed by atoms with E-state index in [2.05, 4.69) is 45.8 Å². The molecule has 0 bridgehead atoms. The minimum Gasteiger partial charge on any atom is -0.507 e. The molecule has 7 nitrogen and oxygen atoms in total. The molecule has 0 spiro atoms. The second-order valence-corrected chi connectivity index (χ2v) is 11.4. The monoisotopic (exact) mass is 537 g/mol. The highest BCUT2D eigenvalue weighted by molar-refractivity contribution is 5.72. The van der Waals surface area contributed by atoms with Gasteiger partial charge in [0.05, 0.1) is 24.9 Å². The normalized spacial score (nSPS) is 25.5. The highest BCUT2D eigenvalue weighted by Gasteiger charge is 2.46. The Morgan fingerprint density at radius 2 is 1.90 bits per heavy atom. The third-order valence-electron chi connectivity index (χ3n) is 8.58. The van der Waals surface area contributed by atoms with Gasteiger partial charge in [-0.15, -0.1) is 10.2 Å². The van der Waals surface area contributed by atoms with Crippen molar-refractivity contribution in [1.82, 2.24) is 20.2 Å². The number of halogens is 2. The summed E-state index contributed by atoms with van der Waals surface area (Å²) in [6, 6.07) is 6.20. The molecule has 2 aromatic heterocycles. The molecule has 5 rings (SSSR count). The number of aromatic hydroxyl groups is 1. The van der Waals surface area contributed by atoms with E-state index in [0.717, 1.165) is 44.9 Å². The lowest BCUT2D eigenvalue weighted by molar-refractivity contribution is 0.0577. The molecule has 1 aromatic carbocycles. The Bertz CT molecular complexity index is 1300. The molecule has 2 aliphatic carbocycles. The number of hydrogen-bond donors (Lipinski definition) is 1. The van der Waals surface area contributed by atoms with Crippen molar-refractivity contribution in [3.8, 4) is 34.1 Å². The second-order valence-electron chi connectivity index (χ2n) is 11.4. The molecule has 4 atom stereocenters. The molecule has 2 heterocycles. The van der Waals surface area contributed by atoms with Crippen molar-refractivity contribution in [2.75, 3.05) is 12.0 Å². The average Bonchev–Trinajstić information content (AvgIpc) is 3.77. The van der Waals surface area contributed by atoms with Crippen LogP contribution in [0.4, 0.5) is 14.6 Å². The van der Waals surface area contributed by atoms with Crippen LogP contribution in [0.5, 0.6) is 11.6 Å². The van der Waals surface area contributed by atoms with Gasteiger partial charge >= 0.3 is 0 Å². The maximum Gasteiger partial charge on any atom is 0.250 e. The summed E-state index contributed by atoms with van der Waals surface area (Å²) in [6.07, 6.45) is 8.81. The summed E-state index contributed by atoms with van der Waals surface area (Å²) in [5, 5.41) is 19.6. The van der Waals surface area contributed by atoms with Crippen LogP contribution in [-0.4, -0.2) is 50.6 Å². The Morgan fingerprint density at radius 1 is 1.10 bits per heavy atom. The van der Waals surface area contributed by atoms with Gasteiger partial charge in [0.2, 0.25) is 5.88 Å². The number of pyridine rings is 1. The number of phenolic OH excluding ortho intramolecular Hbond substituents is 1. The number of nitrogens with zero attached hydrogens (tertiary/aromatic N) is 5. The number of aromatic nitrogens is 4. The number of ether oxygens (including phenoxy) is 1. The number of hydrogen-bond acceptors (Lipinski definition) is 7. The molecule has 39 heavy (non-hydrogen) atoms. The van der Waals surface area contributed by atoms with Gasteiger partial charge < -0.3 is 14.7 Å². The lowest BCUT2D eigenvalue weighted by atomic mass is 9.71. The summed E-state index contributed by atoms with van der Waals surface area (Å²) in [5.41, 5.74) is 1.12. The van der Waals surface area contributed by atoms with E-state index in [1.54, 1.807) is 18.3 Å². The molecule has 0 aliphatic heterocycles. The molecule has 2 saturated carbocycles. The van der Waals surface area contributed by atoms with Gasteiger partial charge in [0, 0.05) is 23.2 Å². The molecule has 1 unspecified atom stereocenters. The van der Waals surface area contributed by atoms with Crippen LogP contribution in [-0.2, 0) is 0 Å². The van der Waals surface area contributed by atoms with Crippen LogP contribution in [0.15, 0.2) is 36.7 Å². The summed E-state index contributed by atoms with van der Waals surface area (Å²) in [4.78, 5) is 10.6. The molecular formula is C30H37F2N5O2. The smallest absolute Gasteiger partial charge is 0.250 e. The second kappa shape index (κ2) is 11.0. The van der Waals surface area contributed by atoms with E-state index in [0.29, 0.717) is 28.4 Å². The zero-order valence-electron chi connectivity index (χ0n) is 23.1. The van der Waals surface area contributed by atoms with Gasteiger partial charge in [-0.2, -0.15) is 0 Å². The maximum absolute atomic E-state index is 16.3. The number of phenols is 1. The molecule has 1 N–H and O–H groups in total. The summed E-state index contributed by atoms with van der Waals surface area (Å²) in [7, 11) is 1.35. The number of rotatable bonds is 7. The van der Waals surface area contributed by atoms with Crippen molar-refractivity contribution in [2.24, 2.45) is 11.3 Å². The largest absolute Gasteiger partial charge is 0.507 e. The van der Waals surface area contributed by atoms with Crippen LogP contribution >= 0.6 is 0 Å². The van der Waals surface area contributed by atoms with Gasteiger partial charge in [-0.25, -0.2) is 18.7 Å². The zero-order valence-corrected chi connectivity index (χ0v) is 23.1. The number of methoxy groups -OCH3 is 1. The van der Waals surface area contributed by atoms with E-state index >= 15 is 4.39 Å². The predicted octanol–water partition coefficient (Wildman–Crippen LogP) is 6.76. The standard InChI is InChI=1S/C30H37F2N5O2/c1-5-30(3)12-6-7-18(2)13-24(27(30)32)37(21-9-10-21)26-17-33-28(36-35-26)22-11-8-19(15-25(22)38)20-14-23(31)29(39-4)34-16-20/h8,11,14-18,21,24,27,38H,5-7,9-10,12-13H2,1-4H3/t18?,24-,27-,30+/m0/s1. The van der Waals surface area contributed by atoms with Crippen molar-refractivity contribution in [3.63, 3.8) is 0 Å². The summed E-state index contributed by atoms with van der Waals surface area (Å²) in [5.74, 6) is 0.534. The van der Waals surface area contributed by atoms with Gasteiger partial charge in [-0.05, 0) is 61.8 Å². The fourth-order valence-electron chi connectivity index (χ4n) is 5.86. The van der Waals surface area contributed by atoms with Crippen LogP contribution in [0.2, 0.25) is 0 Å². The maximum atomic E-state index is 16.3. The van der Waals surface area contributed by atoms with Gasteiger partial charge in [0.15, 0.2) is 17.5 Å². The van der Waals surface area contributed by atoms with Gasteiger partial charge in [-0.1, -0.05) is 39.7 Å². The molecule has 0 amide bonds. The van der Waals surface area contributed by atoms with Crippen molar-refractivity contribution >= 4 is 5.82 Å². The third kappa shape index (κ3) is 5.54. The lowest BCUT2D eigenvalue weighted by Gasteiger charge is -2.45. The van der Waals surface area contributed by atoms with Gasteiger partial charge in [0.25, 0.3) is 0 Å². The van der Waals surface area contributed by atoms with Crippen molar-refractivity contribution < 1.29 is 18.6 Å². The summed E-state index contributed by atoms with van der Waals surface area (Å²) >= 11 is 0. The van der Waals surface area contributed by atoms with E-state index in [-0.39, 0.29) is 35.0 Å². The Morgan fingerprint density at radius 3 is 2.51 bits per heavy atom. The Labute approximate surface area is 228 Å². The third-order valence-corrected chi connectivity index (χ3v) is 8.58. The first-order valence-electron chi connectivity index (χ1n) is 13.9. The average molecular weight is 538 g/mol. The molecular weight excluding hydrogens is 500 g/mol. The van der Waals surface area contributed by atoms with Crippen LogP contribution < -0.4 is 9.64 Å². The predicted molar refractivity (Wildman–Crippen MR) is 147 cm³/mol. The molecule has 2 fully saturated rings. The van der Waals surface area contributed by atoms with Crippen molar-refractivity contribution in [3.05, 3.63) is 42.5 Å². The van der Waals surface area contributed by atoms with E-state index in [4.69, 9.17) is 4.74 Å². The first-order valence-corrected chi connectivity index (χ1v) is 13.9. The van der Waals surface area contributed by atoms with Crippen molar-refractivity contribution in [2.45, 2.75) is 84.0 Å². The molecule has 9 heteroatoms. The lowest BCUT2D eigenvalue weighted by Crippen LogP contribution is -2.51. The molecule has 2 aliphatic rings.